The van der Waals surface area contributed by atoms with E-state index in [9.17, 15) is 4.79 Å². The van der Waals surface area contributed by atoms with E-state index < -0.39 is 0 Å². The summed E-state index contributed by atoms with van der Waals surface area (Å²) in [6.45, 7) is 5.92. The van der Waals surface area contributed by atoms with E-state index in [2.05, 4.69) is 28.5 Å². The largest absolute Gasteiger partial charge is 0.324 e. The number of aryl methyl sites for hydroxylation is 5. The van der Waals surface area contributed by atoms with Gasteiger partial charge in [-0.1, -0.05) is 18.2 Å². The predicted molar refractivity (Wildman–Crippen MR) is 93.9 cm³/mol. The summed E-state index contributed by atoms with van der Waals surface area (Å²) in [7, 11) is 0. The fraction of sp³-hybridized carbons (Fsp3) is 0.400. The molecule has 0 atom stereocenters. The fourth-order valence-electron chi connectivity index (χ4n) is 3.48. The lowest BCUT2D eigenvalue weighted by molar-refractivity contribution is -0.115. The third-order valence-corrected chi connectivity index (χ3v) is 4.57. The van der Waals surface area contributed by atoms with Gasteiger partial charge in [0.15, 0.2) is 0 Å². The second-order valence-electron chi connectivity index (χ2n) is 6.58. The number of nitrogens with one attached hydrogen (secondary N) is 1. The first-order valence-corrected chi connectivity index (χ1v) is 8.38. The molecule has 0 aliphatic heterocycles. The smallest absolute Gasteiger partial charge is 0.228 e. The van der Waals surface area contributed by atoms with Crippen LogP contribution in [0.3, 0.4) is 0 Å². The molecule has 0 bridgehead atoms. The Morgan fingerprint density at radius 3 is 2.57 bits per heavy atom. The average Bonchev–Trinajstić information content (AvgIpc) is 2.51. The molecule has 3 heteroatoms. The van der Waals surface area contributed by atoms with Crippen molar-refractivity contribution >= 4 is 11.6 Å². The number of nitrogens with zero attached hydrogens (tertiary/aromatic N) is 1. The predicted octanol–water partition coefficient (Wildman–Crippen LogP) is 4.07. The molecule has 1 amide bonds. The number of aromatic nitrogens is 1. The van der Waals surface area contributed by atoms with E-state index >= 15 is 0 Å². The normalized spacial score (nSPS) is 13.5. The van der Waals surface area contributed by atoms with Gasteiger partial charge in [0, 0.05) is 5.69 Å². The first-order valence-electron chi connectivity index (χ1n) is 8.38. The van der Waals surface area contributed by atoms with Gasteiger partial charge in [0.25, 0.3) is 0 Å². The third kappa shape index (κ3) is 3.61. The highest BCUT2D eigenvalue weighted by Crippen LogP contribution is 2.23. The quantitative estimate of drug-likeness (QED) is 0.929. The van der Waals surface area contributed by atoms with Gasteiger partial charge in [0.2, 0.25) is 5.91 Å². The van der Waals surface area contributed by atoms with Gasteiger partial charge in [0.05, 0.1) is 17.8 Å². The number of pyridine rings is 1. The molecule has 1 heterocycles. The number of benzene rings is 1. The van der Waals surface area contributed by atoms with E-state index in [4.69, 9.17) is 0 Å². The fourth-order valence-corrected chi connectivity index (χ4v) is 3.48. The first kappa shape index (κ1) is 15.7. The Labute approximate surface area is 138 Å². The third-order valence-electron chi connectivity index (χ3n) is 4.57. The van der Waals surface area contributed by atoms with Gasteiger partial charge < -0.3 is 5.32 Å². The summed E-state index contributed by atoms with van der Waals surface area (Å²) >= 11 is 0. The lowest BCUT2D eigenvalue weighted by Gasteiger charge is -2.17. The molecule has 0 spiro atoms. The Morgan fingerprint density at radius 1 is 1.09 bits per heavy atom. The van der Waals surface area contributed by atoms with E-state index in [1.807, 2.05) is 26.8 Å². The Bertz CT molecular complexity index is 726. The molecular formula is C20H24N2O. The van der Waals surface area contributed by atoms with Crippen LogP contribution in [0.15, 0.2) is 24.3 Å². The first-order chi connectivity index (χ1) is 11.0. The molecule has 1 aliphatic carbocycles. The minimum absolute atomic E-state index is 0.0256. The lowest BCUT2D eigenvalue weighted by atomic mass is 9.90. The summed E-state index contributed by atoms with van der Waals surface area (Å²) in [5, 5.41) is 3.03. The van der Waals surface area contributed by atoms with Crippen LogP contribution in [0.2, 0.25) is 0 Å². The average molecular weight is 308 g/mol. The van der Waals surface area contributed by atoms with Gasteiger partial charge in [-0.05, 0) is 74.8 Å². The van der Waals surface area contributed by atoms with Crippen molar-refractivity contribution in [2.75, 3.05) is 5.32 Å². The number of amides is 1. The number of hydrogen-bond donors (Lipinski definition) is 1. The van der Waals surface area contributed by atoms with E-state index in [1.54, 1.807) is 0 Å². The molecule has 0 saturated carbocycles. The zero-order chi connectivity index (χ0) is 16.4. The number of rotatable bonds is 3. The van der Waals surface area contributed by atoms with Crippen molar-refractivity contribution in [1.29, 1.82) is 0 Å². The molecule has 0 radical (unpaired) electrons. The lowest BCUT2D eigenvalue weighted by Crippen LogP contribution is -2.17. The van der Waals surface area contributed by atoms with Gasteiger partial charge in [-0.25, -0.2) is 0 Å². The van der Waals surface area contributed by atoms with E-state index in [-0.39, 0.29) is 5.91 Å². The summed E-state index contributed by atoms with van der Waals surface area (Å²) in [4.78, 5) is 16.8. The summed E-state index contributed by atoms with van der Waals surface area (Å²) in [5.41, 5.74) is 7.74. The molecule has 0 fully saturated rings. The van der Waals surface area contributed by atoms with Crippen molar-refractivity contribution in [3.05, 3.63) is 57.9 Å². The molecule has 2 aromatic rings. The summed E-state index contributed by atoms with van der Waals surface area (Å²) in [6, 6.07) is 8.50. The van der Waals surface area contributed by atoms with Gasteiger partial charge in [-0.3, -0.25) is 9.78 Å². The van der Waals surface area contributed by atoms with Gasteiger partial charge in [0.1, 0.15) is 0 Å². The molecule has 1 aromatic carbocycles. The SMILES string of the molecule is Cc1cc(C)c(NC(=O)Cc2ccc3c(c2)CCCC3)c(C)n1. The van der Waals surface area contributed by atoms with Gasteiger partial charge >= 0.3 is 0 Å². The second-order valence-corrected chi connectivity index (χ2v) is 6.58. The second kappa shape index (κ2) is 6.53. The van der Waals surface area contributed by atoms with Crippen LogP contribution < -0.4 is 5.32 Å². The van der Waals surface area contributed by atoms with Crippen LogP contribution in [-0.4, -0.2) is 10.9 Å². The number of carbonyl (C=O) groups excluding carboxylic acids is 1. The zero-order valence-corrected chi connectivity index (χ0v) is 14.2. The van der Waals surface area contributed by atoms with Crippen LogP contribution in [-0.2, 0) is 24.1 Å². The van der Waals surface area contributed by atoms with Crippen molar-refractivity contribution < 1.29 is 4.79 Å². The van der Waals surface area contributed by atoms with Crippen LogP contribution in [0.4, 0.5) is 5.69 Å². The van der Waals surface area contributed by atoms with E-state index in [1.165, 1.54) is 30.4 Å². The molecule has 120 valence electrons. The number of hydrogen-bond acceptors (Lipinski definition) is 2. The Morgan fingerprint density at radius 2 is 1.83 bits per heavy atom. The van der Waals surface area contributed by atoms with Crippen molar-refractivity contribution in [3.8, 4) is 0 Å². The molecule has 1 N–H and O–H groups in total. The van der Waals surface area contributed by atoms with E-state index in [0.29, 0.717) is 6.42 Å². The van der Waals surface area contributed by atoms with Crippen LogP contribution in [0.1, 0.15) is 46.5 Å². The minimum Gasteiger partial charge on any atom is -0.324 e. The van der Waals surface area contributed by atoms with Crippen molar-refractivity contribution in [3.63, 3.8) is 0 Å². The molecule has 1 aromatic heterocycles. The molecular weight excluding hydrogens is 284 g/mol. The van der Waals surface area contributed by atoms with Gasteiger partial charge in [-0.15, -0.1) is 0 Å². The highest BCUT2D eigenvalue weighted by Gasteiger charge is 2.13. The minimum atomic E-state index is 0.0256. The Balaban J connectivity index is 1.73. The Kier molecular flexibility index (Phi) is 4.46. The molecule has 3 nitrogen and oxygen atoms in total. The maximum absolute atomic E-state index is 12.4. The molecule has 0 saturated heterocycles. The number of anilines is 1. The van der Waals surface area contributed by atoms with E-state index in [0.717, 1.165) is 34.6 Å². The summed E-state index contributed by atoms with van der Waals surface area (Å²) in [5.74, 6) is 0.0256. The highest BCUT2D eigenvalue weighted by molar-refractivity contribution is 5.93. The van der Waals surface area contributed by atoms with Crippen LogP contribution >= 0.6 is 0 Å². The van der Waals surface area contributed by atoms with Crippen molar-refractivity contribution in [2.24, 2.45) is 0 Å². The van der Waals surface area contributed by atoms with Crippen LogP contribution in [0, 0.1) is 20.8 Å². The Hall–Kier alpha value is -2.16. The zero-order valence-electron chi connectivity index (χ0n) is 14.2. The summed E-state index contributed by atoms with van der Waals surface area (Å²) in [6.07, 6.45) is 5.28. The van der Waals surface area contributed by atoms with Crippen molar-refractivity contribution in [2.45, 2.75) is 52.9 Å². The molecule has 1 aliphatic rings. The van der Waals surface area contributed by atoms with Crippen molar-refractivity contribution in [1.82, 2.24) is 4.98 Å². The number of carbonyl (C=O) groups is 1. The molecule has 23 heavy (non-hydrogen) atoms. The topological polar surface area (TPSA) is 42.0 Å². The van der Waals surface area contributed by atoms with Crippen LogP contribution in [0.5, 0.6) is 0 Å². The van der Waals surface area contributed by atoms with Crippen LogP contribution in [0.25, 0.3) is 0 Å². The van der Waals surface area contributed by atoms with Gasteiger partial charge in [-0.2, -0.15) is 0 Å². The summed E-state index contributed by atoms with van der Waals surface area (Å²) < 4.78 is 0. The monoisotopic (exact) mass is 308 g/mol. The maximum atomic E-state index is 12.4. The highest BCUT2D eigenvalue weighted by atomic mass is 16.1. The molecule has 3 rings (SSSR count). The number of fused-ring (bicyclic) bond motifs is 1. The standard InChI is InChI=1S/C20H24N2O/c1-13-10-14(2)21-15(3)20(13)22-19(23)12-16-8-9-17-6-4-5-7-18(17)11-16/h8-11H,4-7,12H2,1-3H3,(H,22,23). The maximum Gasteiger partial charge on any atom is 0.228 e. The molecule has 0 unspecified atom stereocenters.